The number of amides is 1. The van der Waals surface area contributed by atoms with E-state index in [-0.39, 0.29) is 23.0 Å². The fourth-order valence-corrected chi connectivity index (χ4v) is 4.36. The fraction of sp³-hybridized carbons (Fsp3) is 0.364. The number of nitrogens with zero attached hydrogens (tertiary/aromatic N) is 2. The minimum absolute atomic E-state index is 0.00975. The molecule has 152 valence electrons. The molecule has 0 aromatic heterocycles. The van der Waals surface area contributed by atoms with Crippen LogP contribution in [0.25, 0.3) is 0 Å². The summed E-state index contributed by atoms with van der Waals surface area (Å²) in [7, 11) is 1.53. The molecule has 1 heterocycles. The minimum Gasteiger partial charge on any atom is -0.369 e. The van der Waals surface area contributed by atoms with E-state index in [1.54, 1.807) is 6.92 Å². The monoisotopic (exact) mass is 398 g/mol. The molecule has 2 aliphatic rings. The molecule has 5 nitrogen and oxygen atoms in total. The topological polar surface area (TPSA) is 84.7 Å². The standard InChI is InChI=1S/C22H24F2N4O/c1-21(16-9-8-15(23)12-17(16)24)18(19(29)28(2)20(25)27-21)13-4-6-14(7-5-13)22(26)10-3-11-22/h4-9,12,18H,3,10-11,26H2,1-2H3,(H2,25,27)/t18-,21-/m1/s1. The van der Waals surface area contributed by atoms with Gasteiger partial charge < -0.3 is 11.5 Å². The van der Waals surface area contributed by atoms with Gasteiger partial charge in [0.2, 0.25) is 5.91 Å². The second-order valence-electron chi connectivity index (χ2n) is 8.20. The number of aliphatic imine (C=N–C) groups is 1. The molecular weight excluding hydrogens is 374 g/mol. The highest BCUT2D eigenvalue weighted by Gasteiger charge is 2.48. The molecule has 4 rings (SSSR count). The van der Waals surface area contributed by atoms with Crippen molar-refractivity contribution in [2.24, 2.45) is 16.5 Å². The zero-order chi connectivity index (χ0) is 21.0. The molecule has 1 saturated carbocycles. The number of hydrogen-bond acceptors (Lipinski definition) is 4. The Bertz CT molecular complexity index is 1000. The molecule has 0 bridgehead atoms. The number of hydrogen-bond donors (Lipinski definition) is 2. The third-order valence-electron chi connectivity index (χ3n) is 6.37. The van der Waals surface area contributed by atoms with Gasteiger partial charge in [0.15, 0.2) is 5.96 Å². The number of carbonyl (C=O) groups excluding carboxylic acids is 1. The summed E-state index contributed by atoms with van der Waals surface area (Å²) < 4.78 is 28.2. The molecule has 1 fully saturated rings. The van der Waals surface area contributed by atoms with Crippen molar-refractivity contribution in [3.05, 3.63) is 70.8 Å². The first-order chi connectivity index (χ1) is 13.7. The van der Waals surface area contributed by atoms with E-state index in [1.807, 2.05) is 24.3 Å². The molecule has 2 aromatic carbocycles. The Balaban J connectivity index is 1.83. The minimum atomic E-state index is -1.32. The largest absolute Gasteiger partial charge is 0.369 e. The fourth-order valence-electron chi connectivity index (χ4n) is 4.36. The maximum Gasteiger partial charge on any atom is 0.239 e. The van der Waals surface area contributed by atoms with Gasteiger partial charge in [-0.15, -0.1) is 0 Å². The van der Waals surface area contributed by atoms with Crippen LogP contribution < -0.4 is 11.5 Å². The van der Waals surface area contributed by atoms with Gasteiger partial charge >= 0.3 is 0 Å². The van der Waals surface area contributed by atoms with Gasteiger partial charge in [-0.3, -0.25) is 9.69 Å². The Morgan fingerprint density at radius 3 is 2.34 bits per heavy atom. The van der Waals surface area contributed by atoms with E-state index in [0.717, 1.165) is 37.0 Å². The van der Waals surface area contributed by atoms with Gasteiger partial charge in [-0.1, -0.05) is 30.3 Å². The smallest absolute Gasteiger partial charge is 0.239 e. The van der Waals surface area contributed by atoms with Crippen molar-refractivity contribution < 1.29 is 13.6 Å². The van der Waals surface area contributed by atoms with E-state index in [1.165, 1.54) is 18.0 Å². The Labute approximate surface area is 168 Å². The van der Waals surface area contributed by atoms with Crippen molar-refractivity contribution in [2.75, 3.05) is 7.05 Å². The summed E-state index contributed by atoms with van der Waals surface area (Å²) in [6.45, 7) is 1.65. The van der Waals surface area contributed by atoms with Crippen molar-refractivity contribution in [1.82, 2.24) is 4.90 Å². The number of benzene rings is 2. The van der Waals surface area contributed by atoms with Crippen molar-refractivity contribution in [3.8, 4) is 0 Å². The van der Waals surface area contributed by atoms with Crippen LogP contribution in [-0.4, -0.2) is 23.8 Å². The Morgan fingerprint density at radius 1 is 1.14 bits per heavy atom. The average Bonchev–Trinajstić information content (AvgIpc) is 2.64. The Kier molecular flexibility index (Phi) is 4.46. The number of halogens is 2. The summed E-state index contributed by atoms with van der Waals surface area (Å²) in [5.41, 5.74) is 12.5. The molecular formula is C22H24F2N4O. The zero-order valence-electron chi connectivity index (χ0n) is 16.5. The van der Waals surface area contributed by atoms with Gasteiger partial charge in [0.05, 0.1) is 5.92 Å². The van der Waals surface area contributed by atoms with E-state index in [4.69, 9.17) is 11.5 Å². The van der Waals surface area contributed by atoms with Crippen LogP contribution in [0.1, 0.15) is 48.8 Å². The molecule has 2 aromatic rings. The van der Waals surface area contributed by atoms with Crippen LogP contribution >= 0.6 is 0 Å². The maximum atomic E-state index is 14.7. The van der Waals surface area contributed by atoms with Gasteiger partial charge in [0.25, 0.3) is 0 Å². The predicted molar refractivity (Wildman–Crippen MR) is 107 cm³/mol. The van der Waals surface area contributed by atoms with E-state index in [9.17, 15) is 13.6 Å². The SMILES string of the molecule is CN1C(=O)[C@@H](c2ccc(C3(N)CCC3)cc2)[C@@](C)(c2ccc(F)cc2F)N=C1N. The molecule has 4 N–H and O–H groups in total. The number of rotatable bonds is 3. The van der Waals surface area contributed by atoms with Crippen molar-refractivity contribution in [1.29, 1.82) is 0 Å². The lowest BCUT2D eigenvalue weighted by Crippen LogP contribution is -2.52. The van der Waals surface area contributed by atoms with E-state index >= 15 is 0 Å². The van der Waals surface area contributed by atoms with Gasteiger partial charge in [-0.2, -0.15) is 0 Å². The van der Waals surface area contributed by atoms with Crippen molar-refractivity contribution in [3.63, 3.8) is 0 Å². The van der Waals surface area contributed by atoms with Crippen molar-refractivity contribution >= 4 is 11.9 Å². The van der Waals surface area contributed by atoms with Crippen LogP contribution in [0, 0.1) is 11.6 Å². The van der Waals surface area contributed by atoms with Crippen LogP contribution in [0.2, 0.25) is 0 Å². The summed E-state index contributed by atoms with van der Waals surface area (Å²) in [6.07, 6.45) is 2.95. The highest BCUT2D eigenvalue weighted by atomic mass is 19.1. The quantitative estimate of drug-likeness (QED) is 0.833. The van der Waals surface area contributed by atoms with E-state index in [0.29, 0.717) is 5.56 Å². The molecule has 7 heteroatoms. The van der Waals surface area contributed by atoms with Gasteiger partial charge in [-0.05, 0) is 43.4 Å². The molecule has 1 aliphatic heterocycles. The van der Waals surface area contributed by atoms with E-state index in [2.05, 4.69) is 4.99 Å². The average molecular weight is 398 g/mol. The van der Waals surface area contributed by atoms with Gasteiger partial charge in [-0.25, -0.2) is 13.8 Å². The number of likely N-dealkylation sites (N-methyl/N-ethyl adjacent to an activating group) is 1. The second-order valence-corrected chi connectivity index (χ2v) is 8.20. The van der Waals surface area contributed by atoms with Crippen LogP contribution in [0.5, 0.6) is 0 Å². The first-order valence-corrected chi connectivity index (χ1v) is 9.63. The summed E-state index contributed by atoms with van der Waals surface area (Å²) in [5.74, 6) is -2.59. The lowest BCUT2D eigenvalue weighted by molar-refractivity contribution is -0.130. The summed E-state index contributed by atoms with van der Waals surface area (Å²) in [5, 5.41) is 0. The Hall–Kier alpha value is -2.80. The zero-order valence-corrected chi connectivity index (χ0v) is 16.5. The van der Waals surface area contributed by atoms with Crippen LogP contribution in [0.4, 0.5) is 8.78 Å². The highest BCUT2D eigenvalue weighted by molar-refractivity contribution is 6.02. The predicted octanol–water partition coefficient (Wildman–Crippen LogP) is 3.09. The summed E-state index contributed by atoms with van der Waals surface area (Å²) in [6, 6.07) is 10.8. The van der Waals surface area contributed by atoms with E-state index < -0.39 is 23.1 Å². The normalized spacial score (nSPS) is 26.1. The lowest BCUT2D eigenvalue weighted by Gasteiger charge is -2.41. The van der Waals surface area contributed by atoms with Gasteiger partial charge in [0.1, 0.15) is 17.2 Å². The molecule has 2 atom stereocenters. The third-order valence-corrected chi connectivity index (χ3v) is 6.37. The molecule has 0 radical (unpaired) electrons. The van der Waals surface area contributed by atoms with Crippen molar-refractivity contribution in [2.45, 2.75) is 43.2 Å². The summed E-state index contributed by atoms with van der Waals surface area (Å²) >= 11 is 0. The number of carbonyl (C=O) groups is 1. The highest BCUT2D eigenvalue weighted by Crippen LogP contribution is 2.45. The number of guanidine groups is 1. The lowest BCUT2D eigenvalue weighted by atomic mass is 9.71. The molecule has 1 aliphatic carbocycles. The number of nitrogens with two attached hydrogens (primary N) is 2. The van der Waals surface area contributed by atoms with Crippen LogP contribution in [0.15, 0.2) is 47.5 Å². The molecule has 1 amide bonds. The first-order valence-electron chi connectivity index (χ1n) is 9.63. The molecule has 0 spiro atoms. The Morgan fingerprint density at radius 2 is 1.79 bits per heavy atom. The van der Waals surface area contributed by atoms with Crippen LogP contribution in [-0.2, 0) is 15.9 Å². The first kappa shape index (κ1) is 19.5. The molecule has 29 heavy (non-hydrogen) atoms. The maximum absolute atomic E-state index is 14.7. The molecule has 0 unspecified atom stereocenters. The van der Waals surface area contributed by atoms with Crippen LogP contribution in [0.3, 0.4) is 0 Å². The molecule has 0 saturated heterocycles. The summed E-state index contributed by atoms with van der Waals surface area (Å²) in [4.78, 5) is 18.9. The third kappa shape index (κ3) is 3.00. The van der Waals surface area contributed by atoms with Gasteiger partial charge in [0, 0.05) is 24.2 Å². The second kappa shape index (κ2) is 6.62.